The Morgan fingerprint density at radius 3 is 2.33 bits per heavy atom. The van der Waals surface area contributed by atoms with Gasteiger partial charge in [-0.15, -0.1) is 0 Å². The maximum absolute atomic E-state index is 12.3. The highest BCUT2D eigenvalue weighted by Gasteiger charge is 2.23. The van der Waals surface area contributed by atoms with Gasteiger partial charge in [0, 0.05) is 17.2 Å². The Morgan fingerprint density at radius 1 is 1.19 bits per heavy atom. The van der Waals surface area contributed by atoms with Crippen LogP contribution in [0.25, 0.3) is 0 Å². The van der Waals surface area contributed by atoms with Gasteiger partial charge in [0.15, 0.2) is 11.5 Å². The standard InChI is InChI=1S/C15H13NO5/c1-9-3-5-10(6-4-9)14(18)11-7-12(16(19)20)15(21-2)13(17)8-11/h3-8,17H,1-2H3. The summed E-state index contributed by atoms with van der Waals surface area (Å²) >= 11 is 0. The summed E-state index contributed by atoms with van der Waals surface area (Å²) in [6.45, 7) is 1.89. The smallest absolute Gasteiger partial charge is 0.315 e. The molecule has 0 bridgehead atoms. The molecule has 0 unspecified atom stereocenters. The maximum Gasteiger partial charge on any atom is 0.315 e. The predicted octanol–water partition coefficient (Wildman–Crippen LogP) is 2.85. The summed E-state index contributed by atoms with van der Waals surface area (Å²) in [7, 11) is 1.21. The van der Waals surface area contributed by atoms with Crippen molar-refractivity contribution >= 4 is 11.5 Å². The second-order valence-corrected chi connectivity index (χ2v) is 4.50. The average Bonchev–Trinajstić information content (AvgIpc) is 2.46. The molecule has 0 saturated carbocycles. The van der Waals surface area contributed by atoms with Crippen LogP contribution in [0, 0.1) is 17.0 Å². The quantitative estimate of drug-likeness (QED) is 0.530. The number of methoxy groups -OCH3 is 1. The number of nitrogens with zero attached hydrogens (tertiary/aromatic N) is 1. The molecule has 0 atom stereocenters. The van der Waals surface area contributed by atoms with E-state index in [0.29, 0.717) is 5.56 Å². The summed E-state index contributed by atoms with van der Waals surface area (Å²) in [5.41, 5.74) is 0.964. The van der Waals surface area contributed by atoms with Gasteiger partial charge in [0.2, 0.25) is 5.75 Å². The number of nitro benzene ring substituents is 1. The third kappa shape index (κ3) is 2.84. The van der Waals surface area contributed by atoms with Crippen LogP contribution >= 0.6 is 0 Å². The highest BCUT2D eigenvalue weighted by Crippen LogP contribution is 2.37. The molecule has 2 rings (SSSR count). The van der Waals surface area contributed by atoms with E-state index in [9.17, 15) is 20.0 Å². The second-order valence-electron chi connectivity index (χ2n) is 4.50. The van der Waals surface area contributed by atoms with E-state index in [4.69, 9.17) is 4.74 Å². The normalized spacial score (nSPS) is 10.2. The van der Waals surface area contributed by atoms with Gasteiger partial charge >= 0.3 is 5.69 Å². The van der Waals surface area contributed by atoms with E-state index in [2.05, 4.69) is 0 Å². The molecule has 0 spiro atoms. The number of carbonyl (C=O) groups excluding carboxylic acids is 1. The summed E-state index contributed by atoms with van der Waals surface area (Å²) in [5.74, 6) is -1.11. The number of phenols is 1. The fourth-order valence-electron chi connectivity index (χ4n) is 1.95. The number of carbonyl (C=O) groups is 1. The summed E-state index contributed by atoms with van der Waals surface area (Å²) in [6, 6.07) is 9.06. The molecule has 6 heteroatoms. The number of ether oxygens (including phenoxy) is 1. The van der Waals surface area contributed by atoms with Crippen molar-refractivity contribution in [3.63, 3.8) is 0 Å². The number of aromatic hydroxyl groups is 1. The Balaban J connectivity index is 2.51. The third-order valence-corrected chi connectivity index (χ3v) is 3.03. The number of hydrogen-bond donors (Lipinski definition) is 1. The summed E-state index contributed by atoms with van der Waals surface area (Å²) < 4.78 is 4.79. The fourth-order valence-corrected chi connectivity index (χ4v) is 1.95. The lowest BCUT2D eigenvalue weighted by Crippen LogP contribution is -2.03. The van der Waals surface area contributed by atoms with Crippen molar-refractivity contribution in [1.29, 1.82) is 0 Å². The molecule has 0 saturated heterocycles. The van der Waals surface area contributed by atoms with Gasteiger partial charge in [-0.2, -0.15) is 0 Å². The predicted molar refractivity (Wildman–Crippen MR) is 75.9 cm³/mol. The Hall–Kier alpha value is -2.89. The van der Waals surface area contributed by atoms with Crippen LogP contribution in [0.15, 0.2) is 36.4 Å². The molecule has 21 heavy (non-hydrogen) atoms. The molecule has 0 aliphatic heterocycles. The number of ketones is 1. The van der Waals surface area contributed by atoms with Crippen molar-refractivity contribution in [3.8, 4) is 11.5 Å². The van der Waals surface area contributed by atoms with E-state index in [0.717, 1.165) is 17.7 Å². The van der Waals surface area contributed by atoms with E-state index in [1.54, 1.807) is 24.3 Å². The van der Waals surface area contributed by atoms with Crippen LogP contribution in [0.1, 0.15) is 21.5 Å². The van der Waals surface area contributed by atoms with Crippen LogP contribution in [0.3, 0.4) is 0 Å². The number of aryl methyl sites for hydroxylation is 1. The molecule has 2 aromatic rings. The van der Waals surface area contributed by atoms with Gasteiger partial charge in [0.05, 0.1) is 12.0 Å². The third-order valence-electron chi connectivity index (χ3n) is 3.03. The van der Waals surface area contributed by atoms with Crippen molar-refractivity contribution in [1.82, 2.24) is 0 Å². The SMILES string of the molecule is COc1c(O)cc(C(=O)c2ccc(C)cc2)cc1[N+](=O)[O-]. The molecule has 1 N–H and O–H groups in total. The molecular weight excluding hydrogens is 274 g/mol. The molecule has 6 nitrogen and oxygen atoms in total. The molecule has 108 valence electrons. The highest BCUT2D eigenvalue weighted by atomic mass is 16.6. The van der Waals surface area contributed by atoms with Crippen LogP contribution in [0.5, 0.6) is 11.5 Å². The number of nitro groups is 1. The molecule has 0 aliphatic rings. The molecule has 0 aliphatic carbocycles. The zero-order valence-electron chi connectivity index (χ0n) is 11.5. The fraction of sp³-hybridized carbons (Fsp3) is 0.133. The second kappa shape index (κ2) is 5.62. The van der Waals surface area contributed by atoms with Crippen molar-refractivity contribution in [2.45, 2.75) is 6.92 Å². The maximum atomic E-state index is 12.3. The molecule has 0 heterocycles. The van der Waals surface area contributed by atoms with Crippen LogP contribution in [0.4, 0.5) is 5.69 Å². The van der Waals surface area contributed by atoms with Crippen LogP contribution in [-0.4, -0.2) is 22.9 Å². The lowest BCUT2D eigenvalue weighted by atomic mass is 10.0. The molecule has 2 aromatic carbocycles. The summed E-state index contributed by atoms with van der Waals surface area (Å²) in [6.07, 6.45) is 0. The first-order valence-electron chi connectivity index (χ1n) is 6.10. The number of phenolic OH excluding ortho intramolecular Hbond substituents is 1. The number of hydrogen-bond acceptors (Lipinski definition) is 5. The van der Waals surface area contributed by atoms with Crippen molar-refractivity contribution in [2.75, 3.05) is 7.11 Å². The number of rotatable bonds is 4. The Kier molecular flexibility index (Phi) is 3.89. The first kappa shape index (κ1) is 14.5. The summed E-state index contributed by atoms with van der Waals surface area (Å²) in [4.78, 5) is 22.6. The van der Waals surface area contributed by atoms with Crippen LogP contribution in [-0.2, 0) is 0 Å². The minimum atomic E-state index is -0.704. The van der Waals surface area contributed by atoms with Crippen LogP contribution in [0.2, 0.25) is 0 Å². The van der Waals surface area contributed by atoms with E-state index < -0.39 is 22.1 Å². The van der Waals surface area contributed by atoms with Crippen molar-refractivity contribution in [2.24, 2.45) is 0 Å². The first-order chi connectivity index (χ1) is 9.93. The van der Waals surface area contributed by atoms with E-state index in [1.165, 1.54) is 7.11 Å². The monoisotopic (exact) mass is 287 g/mol. The minimum Gasteiger partial charge on any atom is -0.504 e. The van der Waals surface area contributed by atoms with Gasteiger partial charge in [-0.25, -0.2) is 0 Å². The van der Waals surface area contributed by atoms with Crippen molar-refractivity contribution < 1.29 is 19.6 Å². The summed E-state index contributed by atoms with van der Waals surface area (Å²) in [5, 5.41) is 20.8. The lowest BCUT2D eigenvalue weighted by Gasteiger charge is -2.07. The Bertz CT molecular complexity index is 707. The topological polar surface area (TPSA) is 89.7 Å². The molecule has 0 fully saturated rings. The van der Waals surface area contributed by atoms with Crippen LogP contribution < -0.4 is 4.74 Å². The van der Waals surface area contributed by atoms with Gasteiger partial charge in [-0.05, 0) is 13.0 Å². The molecule has 0 radical (unpaired) electrons. The van der Waals surface area contributed by atoms with E-state index in [-0.39, 0.29) is 11.3 Å². The minimum absolute atomic E-state index is 0.0313. The zero-order valence-corrected chi connectivity index (χ0v) is 11.5. The number of benzene rings is 2. The molecule has 0 aromatic heterocycles. The van der Waals surface area contributed by atoms with Gasteiger partial charge in [-0.1, -0.05) is 29.8 Å². The average molecular weight is 287 g/mol. The molecule has 0 amide bonds. The zero-order chi connectivity index (χ0) is 15.6. The Morgan fingerprint density at radius 2 is 1.81 bits per heavy atom. The highest BCUT2D eigenvalue weighted by molar-refractivity contribution is 6.09. The first-order valence-corrected chi connectivity index (χ1v) is 6.10. The molecular formula is C15H13NO5. The van der Waals surface area contributed by atoms with Gasteiger partial charge in [0.25, 0.3) is 0 Å². The van der Waals surface area contributed by atoms with E-state index in [1.807, 2.05) is 6.92 Å². The van der Waals surface area contributed by atoms with E-state index >= 15 is 0 Å². The lowest BCUT2D eigenvalue weighted by molar-refractivity contribution is -0.385. The van der Waals surface area contributed by atoms with Gasteiger partial charge in [-0.3, -0.25) is 14.9 Å². The largest absolute Gasteiger partial charge is 0.504 e. The van der Waals surface area contributed by atoms with Gasteiger partial charge < -0.3 is 9.84 Å². The Labute approximate surface area is 120 Å². The van der Waals surface area contributed by atoms with Gasteiger partial charge in [0.1, 0.15) is 0 Å². The van der Waals surface area contributed by atoms with Crippen molar-refractivity contribution in [3.05, 3.63) is 63.2 Å².